The van der Waals surface area contributed by atoms with Crippen LogP contribution in [-0.4, -0.2) is 10.9 Å². The molecule has 0 fully saturated rings. The summed E-state index contributed by atoms with van der Waals surface area (Å²) in [6.07, 6.45) is 0. The predicted molar refractivity (Wildman–Crippen MR) is 120 cm³/mol. The van der Waals surface area contributed by atoms with Crippen LogP contribution in [0.2, 0.25) is 10.0 Å². The second kappa shape index (κ2) is 8.24. The number of fused-ring (bicyclic) bond motifs is 1. The number of aromatic nitrogens is 1. The van der Waals surface area contributed by atoms with Crippen molar-refractivity contribution in [1.82, 2.24) is 10.3 Å². The van der Waals surface area contributed by atoms with Crippen LogP contribution in [0.25, 0.3) is 22.2 Å². The highest BCUT2D eigenvalue weighted by molar-refractivity contribution is 6.30. The smallest absolute Gasteiger partial charge is 0.252 e. The zero-order valence-electron chi connectivity index (χ0n) is 15.7. The number of carbonyl (C=O) groups excluding carboxylic acids is 1. The monoisotopic (exact) mass is 420 g/mol. The SMILES string of the molecule is C[C@H](NC(=O)c1cc(-c2ccc(Cl)cc2)nc2ccccc12)c1ccc(Cl)cc1. The molecule has 0 unspecified atom stereocenters. The molecular formula is C24H18Cl2N2O. The quantitative estimate of drug-likeness (QED) is 0.398. The molecule has 0 saturated heterocycles. The van der Waals surface area contributed by atoms with Crippen molar-refractivity contribution in [2.24, 2.45) is 0 Å². The van der Waals surface area contributed by atoms with Crippen molar-refractivity contribution in [3.05, 3.63) is 100 Å². The maximum Gasteiger partial charge on any atom is 0.252 e. The van der Waals surface area contributed by atoms with E-state index in [-0.39, 0.29) is 11.9 Å². The number of rotatable bonds is 4. The summed E-state index contributed by atoms with van der Waals surface area (Å²) in [6.45, 7) is 1.95. The van der Waals surface area contributed by atoms with Gasteiger partial charge in [0.1, 0.15) is 0 Å². The summed E-state index contributed by atoms with van der Waals surface area (Å²) in [5.41, 5.74) is 3.97. The van der Waals surface area contributed by atoms with E-state index in [2.05, 4.69) is 5.32 Å². The Morgan fingerprint density at radius 2 is 1.52 bits per heavy atom. The minimum absolute atomic E-state index is 0.152. The zero-order chi connectivity index (χ0) is 20.4. The summed E-state index contributed by atoms with van der Waals surface area (Å²) in [6, 6.07) is 24.2. The molecule has 0 aliphatic heterocycles. The first-order valence-electron chi connectivity index (χ1n) is 9.23. The van der Waals surface area contributed by atoms with Gasteiger partial charge in [-0.1, -0.05) is 65.7 Å². The molecule has 5 heteroatoms. The van der Waals surface area contributed by atoms with E-state index in [1.165, 1.54) is 0 Å². The van der Waals surface area contributed by atoms with Gasteiger partial charge in [0, 0.05) is 21.0 Å². The third-order valence-electron chi connectivity index (χ3n) is 4.82. The molecule has 0 saturated carbocycles. The third-order valence-corrected chi connectivity index (χ3v) is 5.32. The van der Waals surface area contributed by atoms with Crippen molar-refractivity contribution in [2.75, 3.05) is 0 Å². The Morgan fingerprint density at radius 1 is 0.897 bits per heavy atom. The molecule has 144 valence electrons. The van der Waals surface area contributed by atoms with Crippen molar-refractivity contribution in [3.8, 4) is 11.3 Å². The molecule has 0 bridgehead atoms. The predicted octanol–water partition coefficient (Wildman–Crippen LogP) is 6.70. The first-order chi connectivity index (χ1) is 14.0. The highest BCUT2D eigenvalue weighted by Crippen LogP contribution is 2.26. The Hall–Kier alpha value is -2.88. The minimum Gasteiger partial charge on any atom is -0.345 e. The third kappa shape index (κ3) is 4.26. The van der Waals surface area contributed by atoms with E-state index in [0.29, 0.717) is 15.6 Å². The maximum absolute atomic E-state index is 13.2. The first-order valence-corrected chi connectivity index (χ1v) is 9.99. The normalized spacial score (nSPS) is 12.0. The minimum atomic E-state index is -0.161. The molecule has 0 radical (unpaired) electrons. The summed E-state index contributed by atoms with van der Waals surface area (Å²) in [4.78, 5) is 17.9. The Morgan fingerprint density at radius 3 is 2.21 bits per heavy atom. The lowest BCUT2D eigenvalue weighted by Gasteiger charge is -2.16. The maximum atomic E-state index is 13.2. The zero-order valence-corrected chi connectivity index (χ0v) is 17.2. The average molecular weight is 421 g/mol. The van der Waals surface area contributed by atoms with Crippen LogP contribution in [0.4, 0.5) is 0 Å². The lowest BCUT2D eigenvalue weighted by Crippen LogP contribution is -2.27. The Kier molecular flexibility index (Phi) is 5.52. The van der Waals surface area contributed by atoms with E-state index in [0.717, 1.165) is 27.7 Å². The summed E-state index contributed by atoms with van der Waals surface area (Å²) < 4.78 is 0. The molecule has 0 aliphatic rings. The summed E-state index contributed by atoms with van der Waals surface area (Å²) in [5.74, 6) is -0.152. The lowest BCUT2D eigenvalue weighted by atomic mass is 10.0. The van der Waals surface area contributed by atoms with E-state index in [1.807, 2.05) is 85.8 Å². The topological polar surface area (TPSA) is 42.0 Å². The molecule has 29 heavy (non-hydrogen) atoms. The number of halogens is 2. The molecule has 4 aromatic rings. The summed E-state index contributed by atoms with van der Waals surface area (Å²) in [5, 5.41) is 5.22. The molecule has 4 rings (SSSR count). The number of para-hydroxylation sites is 1. The summed E-state index contributed by atoms with van der Waals surface area (Å²) in [7, 11) is 0. The first kappa shape index (κ1) is 19.4. The van der Waals surface area contributed by atoms with Gasteiger partial charge >= 0.3 is 0 Å². The van der Waals surface area contributed by atoms with Gasteiger partial charge in [-0.25, -0.2) is 4.98 Å². The number of hydrogen-bond donors (Lipinski definition) is 1. The Balaban J connectivity index is 1.72. The van der Waals surface area contributed by atoms with Crippen LogP contribution in [0, 0.1) is 0 Å². The molecule has 0 aliphatic carbocycles. The van der Waals surface area contributed by atoms with Crippen LogP contribution in [0.15, 0.2) is 78.9 Å². The number of nitrogens with one attached hydrogen (secondary N) is 1. The molecule has 1 heterocycles. The van der Waals surface area contributed by atoms with Gasteiger partial charge in [0.15, 0.2) is 0 Å². The summed E-state index contributed by atoms with van der Waals surface area (Å²) >= 11 is 12.0. The van der Waals surface area contributed by atoms with Gasteiger partial charge in [0.05, 0.1) is 22.8 Å². The van der Waals surface area contributed by atoms with E-state index >= 15 is 0 Å². The van der Waals surface area contributed by atoms with E-state index in [4.69, 9.17) is 28.2 Å². The largest absolute Gasteiger partial charge is 0.345 e. The fourth-order valence-corrected chi connectivity index (χ4v) is 3.49. The molecule has 0 spiro atoms. The van der Waals surface area contributed by atoms with Crippen molar-refractivity contribution in [2.45, 2.75) is 13.0 Å². The number of amides is 1. The molecule has 3 aromatic carbocycles. The van der Waals surface area contributed by atoms with Gasteiger partial charge in [0.25, 0.3) is 5.91 Å². The van der Waals surface area contributed by atoms with Crippen LogP contribution < -0.4 is 5.32 Å². The van der Waals surface area contributed by atoms with Crippen LogP contribution in [0.1, 0.15) is 28.9 Å². The van der Waals surface area contributed by atoms with Gasteiger partial charge in [-0.05, 0) is 48.9 Å². The van der Waals surface area contributed by atoms with Gasteiger partial charge in [-0.2, -0.15) is 0 Å². The molecule has 3 nitrogen and oxygen atoms in total. The van der Waals surface area contributed by atoms with Gasteiger partial charge < -0.3 is 5.32 Å². The van der Waals surface area contributed by atoms with Gasteiger partial charge in [-0.15, -0.1) is 0 Å². The number of nitrogens with zero attached hydrogens (tertiary/aromatic N) is 1. The van der Waals surface area contributed by atoms with Crippen LogP contribution in [0.5, 0.6) is 0 Å². The van der Waals surface area contributed by atoms with Crippen molar-refractivity contribution < 1.29 is 4.79 Å². The number of hydrogen-bond acceptors (Lipinski definition) is 2. The van der Waals surface area contributed by atoms with Crippen molar-refractivity contribution in [1.29, 1.82) is 0 Å². The lowest BCUT2D eigenvalue weighted by molar-refractivity contribution is 0.0941. The average Bonchev–Trinajstić information content (AvgIpc) is 2.74. The number of benzene rings is 3. The van der Waals surface area contributed by atoms with Crippen LogP contribution in [-0.2, 0) is 0 Å². The second-order valence-electron chi connectivity index (χ2n) is 6.83. The van der Waals surface area contributed by atoms with E-state index in [1.54, 1.807) is 0 Å². The Labute approximate surface area is 179 Å². The highest BCUT2D eigenvalue weighted by atomic mass is 35.5. The molecule has 1 amide bonds. The van der Waals surface area contributed by atoms with E-state index in [9.17, 15) is 4.79 Å². The van der Waals surface area contributed by atoms with Crippen molar-refractivity contribution >= 4 is 40.0 Å². The second-order valence-corrected chi connectivity index (χ2v) is 7.70. The van der Waals surface area contributed by atoms with Crippen molar-refractivity contribution in [3.63, 3.8) is 0 Å². The van der Waals surface area contributed by atoms with E-state index < -0.39 is 0 Å². The molecular weight excluding hydrogens is 403 g/mol. The van der Waals surface area contributed by atoms with Gasteiger partial charge in [0.2, 0.25) is 0 Å². The van der Waals surface area contributed by atoms with Crippen LogP contribution in [0.3, 0.4) is 0 Å². The molecule has 1 aromatic heterocycles. The van der Waals surface area contributed by atoms with Crippen LogP contribution >= 0.6 is 23.2 Å². The fourth-order valence-electron chi connectivity index (χ4n) is 3.24. The number of carbonyl (C=O) groups is 1. The molecule has 1 N–H and O–H groups in total. The fraction of sp³-hybridized carbons (Fsp3) is 0.0833. The standard InChI is InChI=1S/C24H18Cl2N2O/c1-15(16-6-10-18(25)11-7-16)27-24(29)21-14-23(17-8-12-19(26)13-9-17)28-22-5-3-2-4-20(21)22/h2-15H,1H3,(H,27,29)/t15-/m0/s1. The molecule has 1 atom stereocenters. The van der Waals surface area contributed by atoms with Gasteiger partial charge in [-0.3, -0.25) is 4.79 Å². The highest BCUT2D eigenvalue weighted by Gasteiger charge is 2.16. The number of pyridine rings is 1. The Bertz CT molecular complexity index is 1170.